The summed E-state index contributed by atoms with van der Waals surface area (Å²) in [5.41, 5.74) is 5.14. The van der Waals surface area contributed by atoms with Gasteiger partial charge in [0, 0.05) is 27.5 Å². The lowest BCUT2D eigenvalue weighted by atomic mass is 10.1. The topological polar surface area (TPSA) is 41.8 Å². The van der Waals surface area contributed by atoms with Crippen LogP contribution >= 0.6 is 15.9 Å². The van der Waals surface area contributed by atoms with E-state index in [4.69, 9.17) is 5.73 Å². The van der Waals surface area contributed by atoms with Crippen LogP contribution in [0.25, 0.3) is 10.9 Å². The van der Waals surface area contributed by atoms with Gasteiger partial charge in [0.05, 0.1) is 0 Å². The molecule has 86 valence electrons. The number of rotatable bonds is 1. The van der Waals surface area contributed by atoms with E-state index in [1.165, 1.54) is 0 Å². The average molecular weight is 293 g/mol. The van der Waals surface area contributed by atoms with E-state index in [9.17, 15) is 13.2 Å². The number of benzene rings is 1. The summed E-state index contributed by atoms with van der Waals surface area (Å²) in [7, 11) is 0. The van der Waals surface area contributed by atoms with Crippen LogP contribution in [-0.2, 0) is 12.7 Å². The summed E-state index contributed by atoms with van der Waals surface area (Å²) in [4.78, 5) is 2.36. The maximum absolute atomic E-state index is 12.7. The molecule has 0 aliphatic heterocycles. The summed E-state index contributed by atoms with van der Waals surface area (Å²) in [5.74, 6) is 0. The Hall–Kier alpha value is -1.01. The lowest BCUT2D eigenvalue weighted by Gasteiger charge is -2.05. The summed E-state index contributed by atoms with van der Waals surface area (Å²) in [5, 5.41) is 0.512. The van der Waals surface area contributed by atoms with Crippen LogP contribution in [-0.4, -0.2) is 4.98 Å². The lowest BCUT2D eigenvalue weighted by molar-refractivity contribution is -0.141. The predicted molar refractivity (Wildman–Crippen MR) is 58.9 cm³/mol. The molecule has 0 unspecified atom stereocenters. The number of aromatic amines is 1. The SMILES string of the molecule is NCc1c(C(F)(F)F)[nH]c2cc(Br)ccc12. The maximum Gasteiger partial charge on any atom is 0.431 e. The van der Waals surface area contributed by atoms with Gasteiger partial charge in [0.15, 0.2) is 0 Å². The van der Waals surface area contributed by atoms with Gasteiger partial charge >= 0.3 is 6.18 Å². The van der Waals surface area contributed by atoms with E-state index in [0.717, 1.165) is 4.47 Å². The highest BCUT2D eigenvalue weighted by molar-refractivity contribution is 9.10. The first-order chi connectivity index (χ1) is 7.43. The number of alkyl halides is 3. The van der Waals surface area contributed by atoms with Crippen molar-refractivity contribution in [3.05, 3.63) is 33.9 Å². The lowest BCUT2D eigenvalue weighted by Crippen LogP contribution is -2.11. The van der Waals surface area contributed by atoms with E-state index >= 15 is 0 Å². The Morgan fingerprint density at radius 1 is 1.31 bits per heavy atom. The Morgan fingerprint density at radius 3 is 2.56 bits per heavy atom. The van der Waals surface area contributed by atoms with Crippen LogP contribution in [0.15, 0.2) is 22.7 Å². The highest BCUT2D eigenvalue weighted by atomic mass is 79.9. The summed E-state index contributed by atoms with van der Waals surface area (Å²) < 4.78 is 38.7. The van der Waals surface area contributed by atoms with Crippen molar-refractivity contribution in [1.29, 1.82) is 0 Å². The molecule has 0 aliphatic rings. The summed E-state index contributed by atoms with van der Waals surface area (Å²) in [6, 6.07) is 4.91. The fourth-order valence-electron chi connectivity index (χ4n) is 1.68. The molecule has 2 rings (SSSR count). The van der Waals surface area contributed by atoms with Crippen LogP contribution in [0.5, 0.6) is 0 Å². The minimum Gasteiger partial charge on any atom is -0.351 e. The largest absolute Gasteiger partial charge is 0.431 e. The van der Waals surface area contributed by atoms with Crippen molar-refractivity contribution in [3.8, 4) is 0 Å². The fourth-order valence-corrected chi connectivity index (χ4v) is 2.04. The molecule has 0 aliphatic carbocycles. The highest BCUT2D eigenvalue weighted by Gasteiger charge is 2.35. The van der Waals surface area contributed by atoms with Gasteiger partial charge in [0.2, 0.25) is 0 Å². The van der Waals surface area contributed by atoms with Crippen molar-refractivity contribution in [2.75, 3.05) is 0 Å². The van der Waals surface area contributed by atoms with Crippen molar-refractivity contribution < 1.29 is 13.2 Å². The second kappa shape index (κ2) is 3.78. The van der Waals surface area contributed by atoms with Crippen LogP contribution in [0.4, 0.5) is 13.2 Å². The van der Waals surface area contributed by atoms with Gasteiger partial charge in [-0.3, -0.25) is 0 Å². The minimum absolute atomic E-state index is 0.106. The smallest absolute Gasteiger partial charge is 0.351 e. The molecule has 1 aromatic heterocycles. The first-order valence-corrected chi connectivity index (χ1v) is 5.30. The first kappa shape index (κ1) is 11.5. The Balaban J connectivity index is 2.76. The minimum atomic E-state index is -4.40. The molecule has 0 saturated heterocycles. The van der Waals surface area contributed by atoms with Gasteiger partial charge in [-0.2, -0.15) is 13.2 Å². The molecule has 0 amide bonds. The number of H-pyrrole nitrogens is 1. The molecule has 0 spiro atoms. The maximum atomic E-state index is 12.7. The van der Waals surface area contributed by atoms with E-state index in [0.29, 0.717) is 10.9 Å². The molecule has 3 N–H and O–H groups in total. The second-order valence-corrected chi connectivity index (χ2v) is 4.29. The predicted octanol–water partition coefficient (Wildman–Crippen LogP) is 3.41. The number of fused-ring (bicyclic) bond motifs is 1. The van der Waals surface area contributed by atoms with Crippen LogP contribution in [0.1, 0.15) is 11.3 Å². The Kier molecular flexibility index (Phi) is 2.71. The van der Waals surface area contributed by atoms with E-state index in [-0.39, 0.29) is 12.1 Å². The molecule has 1 aromatic carbocycles. The molecule has 0 bridgehead atoms. The van der Waals surface area contributed by atoms with Crippen LogP contribution < -0.4 is 5.73 Å². The number of aromatic nitrogens is 1. The number of nitrogens with one attached hydrogen (secondary N) is 1. The van der Waals surface area contributed by atoms with E-state index in [2.05, 4.69) is 20.9 Å². The zero-order chi connectivity index (χ0) is 11.9. The van der Waals surface area contributed by atoms with E-state index in [1.807, 2.05) is 0 Å². The van der Waals surface area contributed by atoms with Crippen LogP contribution in [0.3, 0.4) is 0 Å². The molecule has 16 heavy (non-hydrogen) atoms. The van der Waals surface area contributed by atoms with Crippen LogP contribution in [0.2, 0.25) is 0 Å². The summed E-state index contributed by atoms with van der Waals surface area (Å²) in [6.07, 6.45) is -4.40. The molecule has 2 aromatic rings. The molecular formula is C10H8BrF3N2. The van der Waals surface area contributed by atoms with Crippen molar-refractivity contribution >= 4 is 26.8 Å². The third-order valence-corrected chi connectivity index (χ3v) is 2.85. The van der Waals surface area contributed by atoms with E-state index < -0.39 is 11.9 Å². The summed E-state index contributed by atoms with van der Waals surface area (Å²) in [6.45, 7) is -0.142. The van der Waals surface area contributed by atoms with Gasteiger partial charge in [-0.25, -0.2) is 0 Å². The quantitative estimate of drug-likeness (QED) is 0.831. The third kappa shape index (κ3) is 1.82. The zero-order valence-corrected chi connectivity index (χ0v) is 9.61. The van der Waals surface area contributed by atoms with E-state index in [1.54, 1.807) is 18.2 Å². The molecule has 2 nitrogen and oxygen atoms in total. The third-order valence-electron chi connectivity index (χ3n) is 2.36. The van der Waals surface area contributed by atoms with Gasteiger partial charge in [-0.1, -0.05) is 22.0 Å². The molecule has 1 heterocycles. The molecule has 0 fully saturated rings. The van der Waals surface area contributed by atoms with Gasteiger partial charge in [0.1, 0.15) is 5.69 Å². The Morgan fingerprint density at radius 2 is 2.00 bits per heavy atom. The van der Waals surface area contributed by atoms with Crippen molar-refractivity contribution in [2.45, 2.75) is 12.7 Å². The van der Waals surface area contributed by atoms with Gasteiger partial charge in [-0.05, 0) is 12.1 Å². The van der Waals surface area contributed by atoms with Crippen molar-refractivity contribution in [2.24, 2.45) is 5.73 Å². The number of nitrogens with two attached hydrogens (primary N) is 1. The molecule has 0 atom stereocenters. The highest BCUT2D eigenvalue weighted by Crippen LogP contribution is 2.35. The molecule has 6 heteroatoms. The van der Waals surface area contributed by atoms with Gasteiger partial charge in [-0.15, -0.1) is 0 Å². The summed E-state index contributed by atoms with van der Waals surface area (Å²) >= 11 is 3.21. The Labute approximate surface area is 97.8 Å². The number of halogens is 4. The molecule has 0 radical (unpaired) electrons. The average Bonchev–Trinajstić information content (AvgIpc) is 2.54. The first-order valence-electron chi connectivity index (χ1n) is 4.51. The standard InChI is InChI=1S/C10H8BrF3N2/c11-5-1-2-6-7(4-15)9(10(12,13)14)16-8(6)3-5/h1-3,16H,4,15H2. The van der Waals surface area contributed by atoms with Gasteiger partial charge < -0.3 is 10.7 Å². The molecular weight excluding hydrogens is 285 g/mol. The normalized spacial score (nSPS) is 12.3. The second-order valence-electron chi connectivity index (χ2n) is 3.37. The zero-order valence-electron chi connectivity index (χ0n) is 8.03. The fraction of sp³-hybridized carbons (Fsp3) is 0.200. The number of hydrogen-bond acceptors (Lipinski definition) is 1. The van der Waals surface area contributed by atoms with Crippen molar-refractivity contribution in [1.82, 2.24) is 4.98 Å². The molecule has 0 saturated carbocycles. The Bertz CT molecular complexity index is 531. The monoisotopic (exact) mass is 292 g/mol. The van der Waals surface area contributed by atoms with Crippen LogP contribution in [0, 0.1) is 0 Å². The van der Waals surface area contributed by atoms with Crippen molar-refractivity contribution in [3.63, 3.8) is 0 Å². The number of hydrogen-bond donors (Lipinski definition) is 2. The van der Waals surface area contributed by atoms with Gasteiger partial charge in [0.25, 0.3) is 0 Å².